The van der Waals surface area contributed by atoms with Gasteiger partial charge < -0.3 is 10.0 Å². The lowest BCUT2D eigenvalue weighted by molar-refractivity contribution is 0.283. The van der Waals surface area contributed by atoms with Crippen molar-refractivity contribution in [2.24, 2.45) is 0 Å². The summed E-state index contributed by atoms with van der Waals surface area (Å²) < 4.78 is 4.43. The molecule has 4 nitrogen and oxygen atoms in total. The minimum Gasteiger partial charge on any atom is -0.395 e. The molecule has 1 aromatic heterocycles. The van der Waals surface area contributed by atoms with E-state index in [0.717, 1.165) is 11.0 Å². The molecule has 1 N–H and O–H groups in total. The van der Waals surface area contributed by atoms with Crippen molar-refractivity contribution in [3.8, 4) is 0 Å². The molecule has 3 rings (SSSR count). The summed E-state index contributed by atoms with van der Waals surface area (Å²) in [4.78, 5) is 6.86. The summed E-state index contributed by atoms with van der Waals surface area (Å²) in [5, 5.41) is 10.1. The number of rotatable bonds is 5. The third-order valence-corrected chi connectivity index (χ3v) is 4.24. The normalized spacial score (nSPS) is 20.8. The van der Waals surface area contributed by atoms with Gasteiger partial charge in [-0.3, -0.25) is 0 Å². The molecule has 0 aliphatic heterocycles. The van der Waals surface area contributed by atoms with Crippen molar-refractivity contribution < 1.29 is 5.11 Å². The van der Waals surface area contributed by atoms with Crippen molar-refractivity contribution >= 4 is 16.7 Å². The van der Waals surface area contributed by atoms with E-state index in [1.54, 1.807) is 0 Å². The van der Waals surface area contributed by atoms with Crippen LogP contribution in [0, 0.1) is 0 Å². The molecule has 2 aliphatic rings. The van der Waals surface area contributed by atoms with Crippen LogP contribution in [0.4, 0.5) is 5.13 Å². The Hall–Kier alpha value is -0.680. The van der Waals surface area contributed by atoms with Crippen LogP contribution in [-0.2, 0) is 0 Å². The first-order valence-corrected chi connectivity index (χ1v) is 6.87. The topological polar surface area (TPSA) is 49.2 Å². The molecule has 1 aromatic rings. The first-order valence-electron chi connectivity index (χ1n) is 6.09. The molecular weight excluding hydrogens is 222 g/mol. The fourth-order valence-electron chi connectivity index (χ4n) is 2.09. The Bertz CT molecular complexity index is 360. The van der Waals surface area contributed by atoms with E-state index < -0.39 is 0 Å². The lowest BCUT2D eigenvalue weighted by atomic mass is 9.92. The van der Waals surface area contributed by atoms with E-state index in [-0.39, 0.29) is 6.61 Å². The molecule has 0 saturated heterocycles. The summed E-state index contributed by atoms with van der Waals surface area (Å²) in [6.45, 7) is 0.902. The van der Waals surface area contributed by atoms with Gasteiger partial charge in [-0.15, -0.1) is 0 Å². The van der Waals surface area contributed by atoms with Crippen molar-refractivity contribution in [1.82, 2.24) is 9.36 Å². The minimum atomic E-state index is 0.203. The minimum absolute atomic E-state index is 0.203. The number of aliphatic hydroxyl groups excluding tert-OH is 1. The highest BCUT2D eigenvalue weighted by atomic mass is 32.1. The van der Waals surface area contributed by atoms with Gasteiger partial charge in [0, 0.05) is 30.0 Å². The maximum absolute atomic E-state index is 9.11. The summed E-state index contributed by atoms with van der Waals surface area (Å²) in [7, 11) is 0. The van der Waals surface area contributed by atoms with Crippen molar-refractivity contribution in [3.63, 3.8) is 0 Å². The van der Waals surface area contributed by atoms with Crippen LogP contribution < -0.4 is 4.90 Å². The fraction of sp³-hybridized carbons (Fsp3) is 0.818. The van der Waals surface area contributed by atoms with Crippen LogP contribution >= 0.6 is 11.5 Å². The Balaban J connectivity index is 1.74. The lowest BCUT2D eigenvalue weighted by Crippen LogP contribution is -2.41. The SMILES string of the molecule is OCCN(c1nc(C2CC2)ns1)C1CCC1. The molecule has 2 saturated carbocycles. The van der Waals surface area contributed by atoms with Crippen LogP contribution in [0.2, 0.25) is 0 Å². The van der Waals surface area contributed by atoms with Gasteiger partial charge in [0.2, 0.25) is 5.13 Å². The zero-order valence-corrected chi connectivity index (χ0v) is 10.1. The van der Waals surface area contributed by atoms with Gasteiger partial charge in [0.05, 0.1) is 6.61 Å². The van der Waals surface area contributed by atoms with Crippen LogP contribution in [0.15, 0.2) is 0 Å². The molecule has 0 atom stereocenters. The number of aromatic nitrogens is 2. The lowest BCUT2D eigenvalue weighted by Gasteiger charge is -2.36. The summed E-state index contributed by atoms with van der Waals surface area (Å²) in [5.41, 5.74) is 0. The monoisotopic (exact) mass is 239 g/mol. The Morgan fingerprint density at radius 3 is 2.69 bits per heavy atom. The van der Waals surface area contributed by atoms with Gasteiger partial charge in [-0.1, -0.05) is 0 Å². The second-order valence-electron chi connectivity index (χ2n) is 4.71. The number of hydrogen-bond donors (Lipinski definition) is 1. The van der Waals surface area contributed by atoms with Gasteiger partial charge in [0.25, 0.3) is 0 Å². The van der Waals surface area contributed by atoms with Crippen LogP contribution in [0.3, 0.4) is 0 Å². The van der Waals surface area contributed by atoms with Crippen LogP contribution in [0.5, 0.6) is 0 Å². The van der Waals surface area contributed by atoms with Crippen molar-refractivity contribution in [1.29, 1.82) is 0 Å². The number of anilines is 1. The third kappa shape index (κ3) is 1.94. The maximum atomic E-state index is 9.11. The highest BCUT2D eigenvalue weighted by Crippen LogP contribution is 2.40. The van der Waals surface area contributed by atoms with Crippen LogP contribution in [-0.4, -0.2) is 33.7 Å². The highest BCUT2D eigenvalue weighted by molar-refractivity contribution is 7.09. The summed E-state index contributed by atoms with van der Waals surface area (Å²) in [6, 6.07) is 0.590. The predicted octanol–water partition coefficient (Wildman–Crippen LogP) is 1.77. The van der Waals surface area contributed by atoms with E-state index >= 15 is 0 Å². The van der Waals surface area contributed by atoms with E-state index in [1.165, 1.54) is 43.6 Å². The molecule has 5 heteroatoms. The summed E-state index contributed by atoms with van der Waals surface area (Å²) in [6.07, 6.45) is 6.27. The molecule has 0 bridgehead atoms. The number of aliphatic hydroxyl groups is 1. The predicted molar refractivity (Wildman–Crippen MR) is 64.0 cm³/mol. The molecular formula is C11H17N3OS. The van der Waals surface area contributed by atoms with E-state index in [4.69, 9.17) is 5.11 Å². The first-order chi connectivity index (χ1) is 7.88. The Kier molecular flexibility index (Phi) is 2.81. The zero-order chi connectivity index (χ0) is 11.0. The van der Waals surface area contributed by atoms with E-state index in [1.807, 2.05) is 0 Å². The van der Waals surface area contributed by atoms with Gasteiger partial charge in [-0.25, -0.2) is 4.98 Å². The molecule has 2 aliphatic carbocycles. The van der Waals surface area contributed by atoms with Crippen molar-refractivity contribution in [2.45, 2.75) is 44.1 Å². The van der Waals surface area contributed by atoms with Crippen molar-refractivity contribution in [2.75, 3.05) is 18.1 Å². The number of nitrogens with zero attached hydrogens (tertiary/aromatic N) is 3. The van der Waals surface area contributed by atoms with Crippen LogP contribution in [0.1, 0.15) is 43.8 Å². The van der Waals surface area contributed by atoms with Crippen LogP contribution in [0.25, 0.3) is 0 Å². The summed E-state index contributed by atoms with van der Waals surface area (Å²) in [5.74, 6) is 1.66. The van der Waals surface area contributed by atoms with E-state index in [0.29, 0.717) is 18.5 Å². The third-order valence-electron chi connectivity index (χ3n) is 3.48. The average molecular weight is 239 g/mol. The second-order valence-corrected chi connectivity index (χ2v) is 5.44. The largest absolute Gasteiger partial charge is 0.395 e. The molecule has 0 radical (unpaired) electrons. The molecule has 0 amide bonds. The molecule has 0 spiro atoms. The van der Waals surface area contributed by atoms with Crippen molar-refractivity contribution in [3.05, 3.63) is 5.82 Å². The Morgan fingerprint density at radius 1 is 1.31 bits per heavy atom. The average Bonchev–Trinajstić information content (AvgIpc) is 2.94. The second kappa shape index (κ2) is 4.30. The molecule has 1 heterocycles. The molecule has 2 fully saturated rings. The maximum Gasteiger partial charge on any atom is 0.205 e. The number of hydrogen-bond acceptors (Lipinski definition) is 5. The van der Waals surface area contributed by atoms with Gasteiger partial charge in [0.1, 0.15) is 5.82 Å². The standard InChI is InChI=1S/C11H17N3OS/c15-7-6-14(9-2-1-3-9)11-12-10(13-16-11)8-4-5-8/h8-9,15H,1-7H2. The Morgan fingerprint density at radius 2 is 2.12 bits per heavy atom. The van der Waals surface area contributed by atoms with Gasteiger partial charge >= 0.3 is 0 Å². The van der Waals surface area contributed by atoms with Gasteiger partial charge in [-0.2, -0.15) is 4.37 Å². The zero-order valence-electron chi connectivity index (χ0n) is 9.30. The highest BCUT2D eigenvalue weighted by Gasteiger charge is 2.31. The molecule has 0 aromatic carbocycles. The van der Waals surface area contributed by atoms with Gasteiger partial charge in [0.15, 0.2) is 0 Å². The summed E-state index contributed by atoms with van der Waals surface area (Å²) >= 11 is 1.50. The molecule has 16 heavy (non-hydrogen) atoms. The first kappa shape index (κ1) is 10.5. The Labute approximate surface area is 99.5 Å². The fourth-order valence-corrected chi connectivity index (χ4v) is 2.94. The van der Waals surface area contributed by atoms with E-state index in [9.17, 15) is 0 Å². The van der Waals surface area contributed by atoms with E-state index in [2.05, 4.69) is 14.3 Å². The van der Waals surface area contributed by atoms with Gasteiger partial charge in [-0.05, 0) is 32.1 Å². The molecule has 0 unspecified atom stereocenters. The smallest absolute Gasteiger partial charge is 0.205 e. The quantitative estimate of drug-likeness (QED) is 0.850. The molecule has 88 valence electrons.